The van der Waals surface area contributed by atoms with Gasteiger partial charge in [-0.2, -0.15) is 0 Å². The lowest BCUT2D eigenvalue weighted by Gasteiger charge is -2.38. The fraction of sp³-hybridized carbons (Fsp3) is 0.188. The number of esters is 1. The molecule has 124 valence electrons. The summed E-state index contributed by atoms with van der Waals surface area (Å²) in [5, 5.41) is 2.51. The summed E-state index contributed by atoms with van der Waals surface area (Å²) in [7, 11) is 1.21. The molecule has 1 aliphatic rings. The molecule has 0 radical (unpaired) electrons. The molecule has 2 amide bonds. The van der Waals surface area contributed by atoms with E-state index < -0.39 is 23.7 Å². The van der Waals surface area contributed by atoms with Crippen molar-refractivity contribution in [1.29, 1.82) is 0 Å². The van der Waals surface area contributed by atoms with Crippen LogP contribution in [0.15, 0.2) is 41.0 Å². The van der Waals surface area contributed by atoms with E-state index in [0.717, 1.165) is 6.26 Å². The van der Waals surface area contributed by atoms with E-state index in [1.807, 2.05) is 0 Å². The zero-order valence-electron chi connectivity index (χ0n) is 12.6. The molecule has 7 nitrogen and oxygen atoms in total. The van der Waals surface area contributed by atoms with Crippen molar-refractivity contribution in [1.82, 2.24) is 5.32 Å². The van der Waals surface area contributed by atoms with Gasteiger partial charge in [0, 0.05) is 11.8 Å². The minimum atomic E-state index is -0.700. The average molecular weight is 332 g/mol. The Kier molecular flexibility index (Phi) is 4.03. The molecule has 1 N–H and O–H groups in total. The molecular formula is C16H13FN2O5. The number of anilines is 1. The minimum Gasteiger partial charge on any atom is -0.465 e. The fourth-order valence-corrected chi connectivity index (χ4v) is 2.30. The summed E-state index contributed by atoms with van der Waals surface area (Å²) in [6, 6.07) is 6.02. The van der Waals surface area contributed by atoms with Gasteiger partial charge in [0.05, 0.1) is 19.2 Å². The highest BCUT2D eigenvalue weighted by Crippen LogP contribution is 2.22. The number of nitrogens with zero attached hydrogens (tertiary/aromatic N) is 1. The molecule has 8 heteroatoms. The number of β-lactam (4-membered cyclic amide) rings is 1. The van der Waals surface area contributed by atoms with Crippen LogP contribution in [0.25, 0.3) is 0 Å². The molecule has 1 saturated heterocycles. The number of amides is 2. The summed E-state index contributed by atoms with van der Waals surface area (Å²) in [6.45, 7) is 0.265. The first-order valence-electron chi connectivity index (χ1n) is 7.04. The zero-order valence-corrected chi connectivity index (χ0v) is 12.6. The van der Waals surface area contributed by atoms with Gasteiger partial charge in [-0.25, -0.2) is 9.18 Å². The second-order valence-electron chi connectivity index (χ2n) is 5.14. The third-order valence-corrected chi connectivity index (χ3v) is 3.62. The van der Waals surface area contributed by atoms with Crippen LogP contribution in [0, 0.1) is 5.82 Å². The van der Waals surface area contributed by atoms with Crippen LogP contribution in [0.5, 0.6) is 0 Å². The number of furan rings is 1. The number of benzene rings is 1. The molecule has 0 spiro atoms. The number of carbonyl (C=O) groups excluding carboxylic acids is 3. The quantitative estimate of drug-likeness (QED) is 0.674. The van der Waals surface area contributed by atoms with E-state index in [2.05, 4.69) is 10.1 Å². The molecule has 1 atom stereocenters. The zero-order chi connectivity index (χ0) is 17.3. The van der Waals surface area contributed by atoms with Gasteiger partial charge in [-0.3, -0.25) is 9.59 Å². The van der Waals surface area contributed by atoms with Gasteiger partial charge in [0.1, 0.15) is 18.1 Å². The van der Waals surface area contributed by atoms with Crippen LogP contribution in [0.1, 0.15) is 20.9 Å². The predicted molar refractivity (Wildman–Crippen MR) is 80.1 cm³/mol. The molecule has 0 bridgehead atoms. The third-order valence-electron chi connectivity index (χ3n) is 3.62. The first-order chi connectivity index (χ1) is 11.5. The molecule has 0 aliphatic carbocycles. The van der Waals surface area contributed by atoms with E-state index in [1.165, 1.54) is 42.3 Å². The van der Waals surface area contributed by atoms with E-state index in [1.54, 1.807) is 0 Å². The van der Waals surface area contributed by atoms with Gasteiger partial charge in [0.15, 0.2) is 5.76 Å². The summed E-state index contributed by atoms with van der Waals surface area (Å²) in [5.74, 6) is -2.03. The average Bonchev–Trinajstić information content (AvgIpc) is 3.08. The maximum Gasteiger partial charge on any atom is 0.341 e. The molecule has 1 aromatic heterocycles. The molecule has 24 heavy (non-hydrogen) atoms. The largest absolute Gasteiger partial charge is 0.465 e. The van der Waals surface area contributed by atoms with Crippen molar-refractivity contribution < 1.29 is 27.9 Å². The molecular weight excluding hydrogens is 319 g/mol. The lowest BCUT2D eigenvalue weighted by Crippen LogP contribution is -2.64. The Labute approximate surface area is 136 Å². The van der Waals surface area contributed by atoms with Crippen molar-refractivity contribution in [2.75, 3.05) is 18.6 Å². The lowest BCUT2D eigenvalue weighted by molar-refractivity contribution is -0.124. The van der Waals surface area contributed by atoms with Crippen molar-refractivity contribution in [3.05, 3.63) is 53.7 Å². The molecule has 1 aliphatic heterocycles. The second-order valence-corrected chi connectivity index (χ2v) is 5.14. The van der Waals surface area contributed by atoms with Crippen LogP contribution in [0.3, 0.4) is 0 Å². The van der Waals surface area contributed by atoms with Crippen molar-refractivity contribution >= 4 is 23.5 Å². The van der Waals surface area contributed by atoms with Crippen molar-refractivity contribution in [2.45, 2.75) is 6.04 Å². The van der Waals surface area contributed by atoms with Crippen LogP contribution in [-0.2, 0) is 9.53 Å². The third kappa shape index (κ3) is 2.85. The van der Waals surface area contributed by atoms with Crippen LogP contribution >= 0.6 is 0 Å². The maximum atomic E-state index is 12.9. The predicted octanol–water partition coefficient (Wildman–Crippen LogP) is 1.35. The summed E-state index contributed by atoms with van der Waals surface area (Å²) in [6.07, 6.45) is 1.11. The maximum absolute atomic E-state index is 12.9. The molecule has 2 aromatic rings. The molecule has 0 saturated carbocycles. The Morgan fingerprint density at radius 1 is 1.33 bits per heavy atom. The number of ether oxygens (including phenoxy) is 1. The lowest BCUT2D eigenvalue weighted by atomic mass is 10.1. The Balaban J connectivity index is 1.60. The first-order valence-corrected chi connectivity index (χ1v) is 7.04. The van der Waals surface area contributed by atoms with Crippen LogP contribution in [0.2, 0.25) is 0 Å². The van der Waals surface area contributed by atoms with E-state index in [-0.39, 0.29) is 23.8 Å². The number of carbonyl (C=O) groups is 3. The summed E-state index contributed by atoms with van der Waals surface area (Å²) in [5.41, 5.74) is 0.661. The van der Waals surface area contributed by atoms with Crippen LogP contribution in [0.4, 0.5) is 10.1 Å². The Hall–Kier alpha value is -3.16. The number of methoxy groups -OCH3 is 1. The van der Waals surface area contributed by atoms with E-state index in [9.17, 15) is 18.8 Å². The summed E-state index contributed by atoms with van der Waals surface area (Å²) < 4.78 is 22.4. The molecule has 1 aromatic carbocycles. The van der Waals surface area contributed by atoms with Crippen LogP contribution in [-0.4, -0.2) is 37.5 Å². The van der Waals surface area contributed by atoms with E-state index in [4.69, 9.17) is 4.42 Å². The Morgan fingerprint density at radius 3 is 2.67 bits per heavy atom. The smallest absolute Gasteiger partial charge is 0.341 e. The van der Waals surface area contributed by atoms with Crippen LogP contribution < -0.4 is 10.2 Å². The highest BCUT2D eigenvalue weighted by molar-refractivity contribution is 6.07. The van der Waals surface area contributed by atoms with Gasteiger partial charge in [-0.05, 0) is 24.3 Å². The van der Waals surface area contributed by atoms with Gasteiger partial charge in [0.2, 0.25) is 0 Å². The summed E-state index contributed by atoms with van der Waals surface area (Å²) >= 11 is 0. The van der Waals surface area contributed by atoms with Crippen molar-refractivity contribution in [2.24, 2.45) is 0 Å². The Bertz CT molecular complexity index is 799. The van der Waals surface area contributed by atoms with Gasteiger partial charge in [-0.15, -0.1) is 0 Å². The number of rotatable bonds is 4. The number of nitrogens with one attached hydrogen (secondary N) is 1. The fourth-order valence-electron chi connectivity index (χ4n) is 2.30. The summed E-state index contributed by atoms with van der Waals surface area (Å²) in [4.78, 5) is 36.9. The second kappa shape index (κ2) is 6.15. The molecule has 3 rings (SSSR count). The van der Waals surface area contributed by atoms with E-state index in [0.29, 0.717) is 5.69 Å². The number of hydrogen-bond acceptors (Lipinski definition) is 5. The minimum absolute atomic E-state index is 0.0940. The Morgan fingerprint density at radius 2 is 2.04 bits per heavy atom. The number of hydrogen-bond donors (Lipinski definition) is 1. The van der Waals surface area contributed by atoms with Gasteiger partial charge in [-0.1, -0.05) is 0 Å². The highest BCUT2D eigenvalue weighted by atomic mass is 19.1. The van der Waals surface area contributed by atoms with Gasteiger partial charge >= 0.3 is 5.97 Å². The monoisotopic (exact) mass is 332 g/mol. The first kappa shape index (κ1) is 15.7. The van der Waals surface area contributed by atoms with Crippen molar-refractivity contribution in [3.8, 4) is 0 Å². The van der Waals surface area contributed by atoms with E-state index >= 15 is 0 Å². The van der Waals surface area contributed by atoms with Crippen molar-refractivity contribution in [3.63, 3.8) is 0 Å². The standard InChI is InChI=1S/C16H13FN2O5/c1-23-16(22)9-6-13(24-8-9)14(20)18-12-7-19(15(12)21)11-4-2-10(17)3-5-11/h2-6,8,12H,7H2,1H3,(H,18,20)/t12-/m1/s1. The SMILES string of the molecule is COC(=O)c1coc(C(=O)N[C@@H]2CN(c3ccc(F)cc3)C2=O)c1. The van der Waals surface area contributed by atoms with Gasteiger partial charge in [0.25, 0.3) is 11.8 Å². The molecule has 0 unspecified atom stereocenters. The topological polar surface area (TPSA) is 88.8 Å². The normalized spacial score (nSPS) is 16.5. The molecule has 2 heterocycles. The number of halogens is 1. The highest BCUT2D eigenvalue weighted by Gasteiger charge is 2.39. The molecule has 1 fully saturated rings. The van der Waals surface area contributed by atoms with Gasteiger partial charge < -0.3 is 19.4 Å².